The van der Waals surface area contributed by atoms with Gasteiger partial charge in [0.25, 0.3) is 11.5 Å². The second-order valence-electron chi connectivity index (χ2n) is 9.67. The predicted molar refractivity (Wildman–Crippen MR) is 139 cm³/mol. The van der Waals surface area contributed by atoms with Crippen LogP contribution in [-0.4, -0.2) is 58.5 Å². The first-order valence-electron chi connectivity index (χ1n) is 12.3. The Bertz CT molecular complexity index is 1560. The van der Waals surface area contributed by atoms with Crippen LogP contribution in [-0.2, 0) is 17.7 Å². The molecule has 12 heteroatoms. The summed E-state index contributed by atoms with van der Waals surface area (Å²) in [4.78, 5) is 28.8. The lowest BCUT2D eigenvalue weighted by Gasteiger charge is -2.34. The predicted octanol–water partition coefficient (Wildman–Crippen LogP) is 3.72. The van der Waals surface area contributed by atoms with E-state index in [0.29, 0.717) is 54.2 Å². The fourth-order valence-corrected chi connectivity index (χ4v) is 5.09. The molecule has 0 radical (unpaired) electrons. The number of aromatic nitrogens is 3. The number of benzene rings is 1. The summed E-state index contributed by atoms with van der Waals surface area (Å²) in [6.07, 6.45) is 3.25. The molecule has 38 heavy (non-hydrogen) atoms. The molecule has 3 aromatic rings. The SMILES string of the molecule is N/C=C(\C=NC1CC1(F)F)C1CN(c2cc3c(=O)n4c(nc3c(-c3ccc(Cl)cc3F)n2)CCC4)CCO1. The average Bonchev–Trinajstić information content (AvgIpc) is 3.26. The van der Waals surface area contributed by atoms with Crippen molar-refractivity contribution in [2.75, 3.05) is 24.6 Å². The van der Waals surface area contributed by atoms with Crippen LogP contribution in [0.15, 0.2) is 45.8 Å². The molecule has 198 valence electrons. The van der Waals surface area contributed by atoms with E-state index in [0.717, 1.165) is 6.42 Å². The summed E-state index contributed by atoms with van der Waals surface area (Å²) in [5.74, 6) is -2.26. The molecule has 1 aromatic carbocycles. The molecule has 6 rings (SSSR count). The fraction of sp³-hybridized carbons (Fsp3) is 0.385. The van der Waals surface area contributed by atoms with Crippen molar-refractivity contribution in [1.29, 1.82) is 0 Å². The third-order valence-corrected chi connectivity index (χ3v) is 7.36. The van der Waals surface area contributed by atoms with Gasteiger partial charge in [0.05, 0.1) is 12.0 Å². The van der Waals surface area contributed by atoms with Gasteiger partial charge in [-0.3, -0.25) is 14.4 Å². The number of halogens is 4. The van der Waals surface area contributed by atoms with Gasteiger partial charge in [-0.2, -0.15) is 0 Å². The quantitative estimate of drug-likeness (QED) is 0.492. The van der Waals surface area contributed by atoms with Gasteiger partial charge >= 0.3 is 0 Å². The largest absolute Gasteiger partial charge is 0.404 e. The van der Waals surface area contributed by atoms with Crippen molar-refractivity contribution < 1.29 is 17.9 Å². The van der Waals surface area contributed by atoms with Crippen LogP contribution in [0.1, 0.15) is 18.7 Å². The Balaban J connectivity index is 1.41. The van der Waals surface area contributed by atoms with E-state index in [1.165, 1.54) is 24.5 Å². The van der Waals surface area contributed by atoms with Crippen LogP contribution in [0.3, 0.4) is 0 Å². The second-order valence-corrected chi connectivity index (χ2v) is 10.1. The molecule has 0 bridgehead atoms. The summed E-state index contributed by atoms with van der Waals surface area (Å²) in [6.45, 7) is 1.58. The fourth-order valence-electron chi connectivity index (χ4n) is 4.93. The smallest absolute Gasteiger partial charge is 0.272 e. The Hall–Kier alpha value is -3.44. The number of morpholine rings is 1. The molecule has 0 amide bonds. The minimum Gasteiger partial charge on any atom is -0.404 e. The zero-order valence-electron chi connectivity index (χ0n) is 20.2. The van der Waals surface area contributed by atoms with Crippen molar-refractivity contribution in [3.05, 3.63) is 63.1 Å². The van der Waals surface area contributed by atoms with Crippen molar-refractivity contribution >= 4 is 34.5 Å². The first-order chi connectivity index (χ1) is 18.2. The van der Waals surface area contributed by atoms with Gasteiger partial charge in [0.1, 0.15) is 40.8 Å². The van der Waals surface area contributed by atoms with Crippen molar-refractivity contribution in [1.82, 2.24) is 14.5 Å². The maximum Gasteiger partial charge on any atom is 0.272 e. The van der Waals surface area contributed by atoms with E-state index in [1.54, 1.807) is 16.7 Å². The van der Waals surface area contributed by atoms with Crippen LogP contribution in [0.25, 0.3) is 22.2 Å². The maximum absolute atomic E-state index is 15.1. The van der Waals surface area contributed by atoms with Gasteiger partial charge in [0.2, 0.25) is 0 Å². The number of fused-ring (bicyclic) bond motifs is 2. The number of rotatable bonds is 5. The van der Waals surface area contributed by atoms with E-state index < -0.39 is 23.9 Å². The summed E-state index contributed by atoms with van der Waals surface area (Å²) >= 11 is 5.98. The number of pyridine rings is 1. The molecular formula is C26H24ClF3N6O2. The number of aryl methyl sites for hydroxylation is 1. The van der Waals surface area contributed by atoms with Crippen molar-refractivity contribution in [2.45, 2.75) is 43.9 Å². The molecule has 0 spiro atoms. The highest BCUT2D eigenvalue weighted by Crippen LogP contribution is 2.44. The highest BCUT2D eigenvalue weighted by molar-refractivity contribution is 6.30. The summed E-state index contributed by atoms with van der Waals surface area (Å²) < 4.78 is 49.1. The Kier molecular flexibility index (Phi) is 6.14. The third kappa shape index (κ3) is 4.43. The Labute approximate surface area is 220 Å². The summed E-state index contributed by atoms with van der Waals surface area (Å²) in [5.41, 5.74) is 6.79. The maximum atomic E-state index is 15.1. The van der Waals surface area contributed by atoms with E-state index in [1.807, 2.05) is 4.90 Å². The van der Waals surface area contributed by atoms with E-state index in [-0.39, 0.29) is 34.8 Å². The second kappa shape index (κ2) is 9.39. The number of nitrogens with zero attached hydrogens (tertiary/aromatic N) is 5. The molecule has 4 heterocycles. The van der Waals surface area contributed by atoms with Crippen LogP contribution >= 0.6 is 11.6 Å². The van der Waals surface area contributed by atoms with Crippen LogP contribution in [0, 0.1) is 5.82 Å². The number of alkyl halides is 2. The molecule has 2 N–H and O–H groups in total. The van der Waals surface area contributed by atoms with E-state index in [4.69, 9.17) is 32.0 Å². The van der Waals surface area contributed by atoms with Crippen LogP contribution in [0.5, 0.6) is 0 Å². The first kappa shape index (κ1) is 24.9. The molecular weight excluding hydrogens is 521 g/mol. The molecule has 8 nitrogen and oxygen atoms in total. The Morgan fingerprint density at radius 2 is 2.08 bits per heavy atom. The topological polar surface area (TPSA) is 98.6 Å². The Morgan fingerprint density at radius 3 is 2.82 bits per heavy atom. The van der Waals surface area contributed by atoms with Gasteiger partial charge < -0.3 is 15.4 Å². The molecule has 2 atom stereocenters. The zero-order chi connectivity index (χ0) is 26.6. The standard InChI is InChI=1S/C26H24ClF3N6O2/c27-15-3-4-16(18(28)8-15)23-24-17(25(37)36-5-1-2-21(36)33-24)9-22(34-23)35-6-7-38-19(13-35)14(11-31)12-32-20-10-26(20,29)30/h3-4,8-9,11-12,19-20H,1-2,5-7,10,13,31H2/b14-11+,32-12?. The Morgan fingerprint density at radius 1 is 1.26 bits per heavy atom. The molecule has 2 aliphatic heterocycles. The lowest BCUT2D eigenvalue weighted by molar-refractivity contribution is 0.0676. The summed E-state index contributed by atoms with van der Waals surface area (Å²) in [7, 11) is 0. The minimum atomic E-state index is -2.78. The number of aliphatic imine (C=N–C) groups is 1. The number of nitrogens with two attached hydrogens (primary N) is 1. The van der Waals surface area contributed by atoms with E-state index in [2.05, 4.69) is 4.99 Å². The summed E-state index contributed by atoms with van der Waals surface area (Å²) in [5, 5.41) is 0.573. The van der Waals surface area contributed by atoms with Crippen molar-refractivity contribution in [3.63, 3.8) is 0 Å². The molecule has 2 fully saturated rings. The van der Waals surface area contributed by atoms with Crippen LogP contribution in [0.4, 0.5) is 19.0 Å². The molecule has 1 aliphatic carbocycles. The van der Waals surface area contributed by atoms with Gasteiger partial charge in [-0.25, -0.2) is 23.1 Å². The number of anilines is 1. The van der Waals surface area contributed by atoms with Gasteiger partial charge in [0.15, 0.2) is 0 Å². The lowest BCUT2D eigenvalue weighted by atomic mass is 10.1. The lowest BCUT2D eigenvalue weighted by Crippen LogP contribution is -2.44. The van der Waals surface area contributed by atoms with Gasteiger partial charge in [0, 0.05) is 61.0 Å². The summed E-state index contributed by atoms with van der Waals surface area (Å²) in [6, 6.07) is 4.91. The van der Waals surface area contributed by atoms with Crippen molar-refractivity contribution in [2.24, 2.45) is 10.7 Å². The molecule has 1 saturated heterocycles. The molecule has 1 saturated carbocycles. The van der Waals surface area contributed by atoms with Crippen LogP contribution < -0.4 is 16.2 Å². The highest BCUT2D eigenvalue weighted by Gasteiger charge is 2.57. The normalized spacial score (nSPS) is 22.8. The van der Waals surface area contributed by atoms with Gasteiger partial charge in [-0.05, 0) is 30.7 Å². The van der Waals surface area contributed by atoms with Gasteiger partial charge in [-0.1, -0.05) is 11.6 Å². The molecule has 2 aromatic heterocycles. The first-order valence-corrected chi connectivity index (χ1v) is 12.7. The average molecular weight is 545 g/mol. The van der Waals surface area contributed by atoms with Crippen LogP contribution in [0.2, 0.25) is 5.02 Å². The number of ether oxygens (including phenoxy) is 1. The molecule has 2 unspecified atom stereocenters. The minimum absolute atomic E-state index is 0.181. The van der Waals surface area contributed by atoms with E-state index in [9.17, 15) is 13.6 Å². The van der Waals surface area contributed by atoms with E-state index >= 15 is 4.39 Å². The van der Waals surface area contributed by atoms with Crippen molar-refractivity contribution in [3.8, 4) is 11.3 Å². The highest BCUT2D eigenvalue weighted by atomic mass is 35.5. The monoisotopic (exact) mass is 544 g/mol. The molecule has 3 aliphatic rings. The third-order valence-electron chi connectivity index (χ3n) is 7.13. The van der Waals surface area contributed by atoms with Gasteiger partial charge in [-0.15, -0.1) is 0 Å². The number of hydrogen-bond acceptors (Lipinski definition) is 7. The number of hydrogen-bond donors (Lipinski definition) is 1. The zero-order valence-corrected chi connectivity index (χ0v) is 21.0.